The fourth-order valence-electron chi connectivity index (χ4n) is 6.23. The molecular weight excluding hydrogens is 497 g/mol. The second-order valence-electron chi connectivity index (χ2n) is 12.0. The number of hydrogen-bond acceptors (Lipinski definition) is 6. The Morgan fingerprint density at radius 2 is 2.08 bits per heavy atom. The number of carboxylic acid groups (broad SMARTS) is 1. The van der Waals surface area contributed by atoms with E-state index in [1.54, 1.807) is 6.07 Å². The summed E-state index contributed by atoms with van der Waals surface area (Å²) in [6.45, 7) is 7.60. The molecular formula is C31H42FN3O4. The molecule has 1 aromatic carbocycles. The molecule has 3 aliphatic heterocycles. The van der Waals surface area contributed by atoms with Crippen LogP contribution >= 0.6 is 0 Å². The third-order valence-corrected chi connectivity index (χ3v) is 8.44. The predicted molar refractivity (Wildman–Crippen MR) is 148 cm³/mol. The Kier molecular flexibility index (Phi) is 8.84. The molecule has 0 aliphatic carbocycles. The number of carboxylic acids is 1. The first-order chi connectivity index (χ1) is 18.8. The van der Waals surface area contributed by atoms with Crippen molar-refractivity contribution >= 4 is 11.8 Å². The molecule has 0 radical (unpaired) electrons. The highest BCUT2D eigenvalue weighted by molar-refractivity contribution is 5.76. The Morgan fingerprint density at radius 3 is 2.87 bits per heavy atom. The minimum atomic E-state index is -0.972. The zero-order valence-corrected chi connectivity index (χ0v) is 23.3. The zero-order valence-electron chi connectivity index (χ0n) is 23.3. The Hall–Kier alpha value is -2.55. The van der Waals surface area contributed by atoms with E-state index < -0.39 is 17.8 Å². The first-order valence-electron chi connectivity index (χ1n) is 14.5. The molecule has 2 atom stereocenters. The molecule has 2 fully saturated rings. The van der Waals surface area contributed by atoms with Crippen LogP contribution in [-0.2, 0) is 27.1 Å². The molecule has 8 heteroatoms. The Bertz CT molecular complexity index is 1150. The van der Waals surface area contributed by atoms with Crippen molar-refractivity contribution in [2.45, 2.75) is 83.5 Å². The molecule has 4 heterocycles. The number of aliphatic carboxylic acids is 1. The van der Waals surface area contributed by atoms with Gasteiger partial charge in [-0.25, -0.2) is 9.37 Å². The van der Waals surface area contributed by atoms with Crippen molar-refractivity contribution in [3.8, 4) is 0 Å². The van der Waals surface area contributed by atoms with Crippen molar-refractivity contribution in [1.29, 1.82) is 0 Å². The highest BCUT2D eigenvalue weighted by atomic mass is 19.1. The van der Waals surface area contributed by atoms with Gasteiger partial charge in [0.15, 0.2) is 0 Å². The van der Waals surface area contributed by atoms with E-state index in [4.69, 9.17) is 14.5 Å². The molecule has 3 aliphatic rings. The molecule has 0 saturated carbocycles. The number of nitrogens with one attached hydrogen (secondary N) is 1. The summed E-state index contributed by atoms with van der Waals surface area (Å²) in [6.07, 6.45) is 8.01. The number of halogens is 1. The molecule has 0 spiro atoms. The summed E-state index contributed by atoms with van der Waals surface area (Å²) < 4.78 is 26.5. The molecule has 5 rings (SSSR count). The predicted octanol–water partition coefficient (Wildman–Crippen LogP) is 5.70. The van der Waals surface area contributed by atoms with E-state index in [-0.39, 0.29) is 17.6 Å². The minimum Gasteiger partial charge on any atom is -0.480 e. The van der Waals surface area contributed by atoms with Crippen LogP contribution in [-0.4, -0.2) is 59.9 Å². The second-order valence-corrected chi connectivity index (χ2v) is 12.0. The minimum absolute atomic E-state index is 0.000354. The number of rotatable bonds is 11. The van der Waals surface area contributed by atoms with Gasteiger partial charge in [-0.1, -0.05) is 32.4 Å². The number of anilines is 1. The number of benzene rings is 1. The third kappa shape index (κ3) is 6.61. The summed E-state index contributed by atoms with van der Waals surface area (Å²) in [6, 6.07) is 7.93. The van der Waals surface area contributed by atoms with Gasteiger partial charge in [-0.3, -0.25) is 9.69 Å². The highest BCUT2D eigenvalue weighted by Gasteiger charge is 2.42. The Labute approximate surface area is 231 Å². The van der Waals surface area contributed by atoms with E-state index in [0.717, 1.165) is 68.6 Å². The van der Waals surface area contributed by atoms with Crippen LogP contribution in [0.25, 0.3) is 0 Å². The van der Waals surface area contributed by atoms with Gasteiger partial charge in [-0.2, -0.15) is 0 Å². The van der Waals surface area contributed by atoms with E-state index in [9.17, 15) is 14.3 Å². The van der Waals surface area contributed by atoms with Crippen LogP contribution in [0.4, 0.5) is 10.2 Å². The van der Waals surface area contributed by atoms with E-state index in [1.165, 1.54) is 24.1 Å². The topological polar surface area (TPSA) is 83.9 Å². The van der Waals surface area contributed by atoms with Crippen molar-refractivity contribution < 1.29 is 23.8 Å². The molecule has 212 valence electrons. The maximum Gasteiger partial charge on any atom is 0.325 e. The quantitative estimate of drug-likeness (QED) is 0.355. The maximum atomic E-state index is 14.4. The van der Waals surface area contributed by atoms with Crippen LogP contribution in [0.1, 0.15) is 86.9 Å². The van der Waals surface area contributed by atoms with Gasteiger partial charge >= 0.3 is 5.97 Å². The smallest absolute Gasteiger partial charge is 0.325 e. The first kappa shape index (κ1) is 28.0. The molecule has 2 N–H and O–H groups in total. The highest BCUT2D eigenvalue weighted by Crippen LogP contribution is 2.46. The Morgan fingerprint density at radius 1 is 1.23 bits per heavy atom. The molecule has 2 saturated heterocycles. The molecule has 0 amide bonds. The monoisotopic (exact) mass is 539 g/mol. The summed E-state index contributed by atoms with van der Waals surface area (Å²) in [7, 11) is 0. The van der Waals surface area contributed by atoms with Gasteiger partial charge in [-0.15, -0.1) is 0 Å². The summed E-state index contributed by atoms with van der Waals surface area (Å²) in [4.78, 5) is 19.1. The first-order valence-corrected chi connectivity index (χ1v) is 14.5. The van der Waals surface area contributed by atoms with Crippen molar-refractivity contribution in [1.82, 2.24) is 9.88 Å². The molecule has 39 heavy (non-hydrogen) atoms. The lowest BCUT2D eigenvalue weighted by Gasteiger charge is -2.44. The van der Waals surface area contributed by atoms with Gasteiger partial charge in [0.2, 0.25) is 0 Å². The van der Waals surface area contributed by atoms with E-state index in [2.05, 4.69) is 31.3 Å². The van der Waals surface area contributed by atoms with Crippen LogP contribution in [0.2, 0.25) is 0 Å². The van der Waals surface area contributed by atoms with Crippen LogP contribution in [0.15, 0.2) is 30.3 Å². The van der Waals surface area contributed by atoms with Crippen LogP contribution < -0.4 is 5.32 Å². The lowest BCUT2D eigenvalue weighted by molar-refractivity contribution is -0.151. The van der Waals surface area contributed by atoms with Gasteiger partial charge in [-0.05, 0) is 85.3 Å². The number of aromatic nitrogens is 1. The number of ether oxygens (including phenoxy) is 2. The average molecular weight is 540 g/mol. The average Bonchev–Trinajstić information content (AvgIpc) is 2.88. The summed E-state index contributed by atoms with van der Waals surface area (Å²) in [5.41, 5.74) is 3.57. The number of aryl methyl sites for hydroxylation is 2. The number of likely N-dealkylation sites (tertiary alicyclic amines) is 1. The summed E-state index contributed by atoms with van der Waals surface area (Å²) >= 11 is 0. The molecule has 2 unspecified atom stereocenters. The van der Waals surface area contributed by atoms with Gasteiger partial charge in [0.1, 0.15) is 17.7 Å². The zero-order chi connectivity index (χ0) is 27.4. The van der Waals surface area contributed by atoms with Crippen molar-refractivity contribution in [2.75, 3.05) is 38.2 Å². The molecule has 2 aromatic rings. The largest absolute Gasteiger partial charge is 0.480 e. The van der Waals surface area contributed by atoms with Gasteiger partial charge < -0.3 is 19.9 Å². The number of fused-ring (bicyclic) bond motifs is 1. The number of nitrogens with zero attached hydrogens (tertiary/aromatic N) is 2. The van der Waals surface area contributed by atoms with Crippen molar-refractivity contribution in [3.05, 3.63) is 58.5 Å². The van der Waals surface area contributed by atoms with Crippen molar-refractivity contribution in [2.24, 2.45) is 5.41 Å². The van der Waals surface area contributed by atoms with Crippen LogP contribution in [0, 0.1) is 11.2 Å². The molecule has 7 nitrogen and oxygen atoms in total. The normalized spacial score (nSPS) is 22.0. The fraction of sp³-hybridized carbons (Fsp3) is 0.613. The van der Waals surface area contributed by atoms with E-state index >= 15 is 0 Å². The maximum absolute atomic E-state index is 14.4. The lowest BCUT2D eigenvalue weighted by Crippen LogP contribution is -2.55. The standard InChI is InChI=1S/C31H42FN3O4/c1-31(2)14-7-17-39-28(31)25-13-11-22(32)18-26(25)27(30(36)37)35-19-24(20-35)38-16-5-3-4-9-23-12-10-21-8-6-15-33-29(21)34-23/h10-13,18,24,27-28H,3-9,14-17,19-20H2,1-2H3,(H,33,34)(H,36,37). The fourth-order valence-corrected chi connectivity index (χ4v) is 6.23. The van der Waals surface area contributed by atoms with Crippen LogP contribution in [0.3, 0.4) is 0 Å². The third-order valence-electron chi connectivity index (χ3n) is 8.44. The number of pyridine rings is 1. The summed E-state index contributed by atoms with van der Waals surface area (Å²) in [5.74, 6) is -0.347. The molecule has 0 bridgehead atoms. The number of hydrogen-bond donors (Lipinski definition) is 2. The lowest BCUT2D eigenvalue weighted by atomic mass is 9.75. The summed E-state index contributed by atoms with van der Waals surface area (Å²) in [5, 5.41) is 13.6. The Balaban J connectivity index is 1.10. The van der Waals surface area contributed by atoms with Gasteiger partial charge in [0, 0.05) is 38.5 Å². The van der Waals surface area contributed by atoms with E-state index in [1.807, 2.05) is 4.90 Å². The van der Waals surface area contributed by atoms with E-state index in [0.29, 0.717) is 31.9 Å². The van der Waals surface area contributed by atoms with Crippen molar-refractivity contribution in [3.63, 3.8) is 0 Å². The van der Waals surface area contributed by atoms with Crippen LogP contribution in [0.5, 0.6) is 0 Å². The second kappa shape index (κ2) is 12.3. The number of unbranched alkanes of at least 4 members (excludes halogenated alkanes) is 2. The molecule has 1 aromatic heterocycles. The van der Waals surface area contributed by atoms with Gasteiger partial charge in [0.05, 0.1) is 12.2 Å². The van der Waals surface area contributed by atoms with Gasteiger partial charge in [0.25, 0.3) is 0 Å². The SMILES string of the molecule is CC1(C)CCCOC1c1ccc(F)cc1C(C(=O)O)N1CC(OCCCCCc2ccc3c(n2)NCCC3)C1. The number of carbonyl (C=O) groups is 1.